The normalized spacial score (nSPS) is 13.8. The fourth-order valence-electron chi connectivity index (χ4n) is 7.08. The molecule has 4 heteroatoms. The van der Waals surface area contributed by atoms with Crippen molar-refractivity contribution in [2.45, 2.75) is 238 Å². The largest absolute Gasteiger partial charge is 0.394 e. The number of aliphatic hydroxyl groups is 2. The average Bonchev–Trinajstić information content (AvgIpc) is 3.24. The van der Waals surface area contributed by atoms with Crippen molar-refractivity contribution in [1.82, 2.24) is 5.32 Å². The van der Waals surface area contributed by atoms with Gasteiger partial charge in [0.25, 0.3) is 0 Å². The zero-order valence-corrected chi connectivity index (χ0v) is 38.7. The van der Waals surface area contributed by atoms with Crippen LogP contribution in [0.15, 0.2) is 97.2 Å². The Bertz CT molecular complexity index is 1110. The number of allylic oxidation sites excluding steroid dienone is 16. The first-order valence-electron chi connectivity index (χ1n) is 24.9. The summed E-state index contributed by atoms with van der Waals surface area (Å²) in [5.41, 5.74) is 0. The van der Waals surface area contributed by atoms with Gasteiger partial charge < -0.3 is 15.5 Å². The molecule has 0 aliphatic carbocycles. The zero-order chi connectivity index (χ0) is 42.8. The molecule has 0 aromatic heterocycles. The number of aliphatic hydroxyl groups excluding tert-OH is 2. The molecule has 0 spiro atoms. The van der Waals surface area contributed by atoms with Crippen molar-refractivity contribution < 1.29 is 15.0 Å². The van der Waals surface area contributed by atoms with E-state index in [4.69, 9.17) is 0 Å². The van der Waals surface area contributed by atoms with Crippen molar-refractivity contribution in [3.63, 3.8) is 0 Å². The molecule has 0 saturated heterocycles. The Labute approximate surface area is 366 Å². The molecule has 0 radical (unpaired) electrons. The lowest BCUT2D eigenvalue weighted by Gasteiger charge is -2.22. The number of carbonyl (C=O) groups is 1. The lowest BCUT2D eigenvalue weighted by Crippen LogP contribution is -2.45. The summed E-state index contributed by atoms with van der Waals surface area (Å²) in [5, 5.41) is 23.0. The SMILES string of the molecule is CC/C=C\C/C=C\C/C=C\C/C=C\C/C=C\C/C=C\C/C=C\C/C=C\CCCCCCCCCCCCCCCCC(=O)NC(CO)C(O)CCCCCCCCCC. The molecule has 2 atom stereocenters. The first-order valence-corrected chi connectivity index (χ1v) is 24.9. The molecule has 0 aliphatic heterocycles. The van der Waals surface area contributed by atoms with Crippen LogP contribution in [0.4, 0.5) is 0 Å². The Morgan fingerprint density at radius 2 is 0.746 bits per heavy atom. The summed E-state index contributed by atoms with van der Waals surface area (Å²) in [6, 6.07) is -0.538. The molecule has 0 aliphatic rings. The predicted molar refractivity (Wildman–Crippen MR) is 262 cm³/mol. The van der Waals surface area contributed by atoms with Crippen molar-refractivity contribution >= 4 is 5.91 Å². The number of rotatable bonds is 44. The minimum atomic E-state index is -0.660. The van der Waals surface area contributed by atoms with E-state index in [-0.39, 0.29) is 12.5 Å². The Kier molecular flexibility index (Phi) is 47.4. The second-order valence-corrected chi connectivity index (χ2v) is 16.5. The third-order valence-electron chi connectivity index (χ3n) is 10.9. The second kappa shape index (κ2) is 49.7. The monoisotopic (exact) mass is 818 g/mol. The van der Waals surface area contributed by atoms with E-state index in [2.05, 4.69) is 116 Å². The lowest BCUT2D eigenvalue weighted by atomic mass is 10.0. The first-order chi connectivity index (χ1) is 29.2. The minimum Gasteiger partial charge on any atom is -0.394 e. The summed E-state index contributed by atoms with van der Waals surface area (Å²) in [5.74, 6) is -0.0387. The van der Waals surface area contributed by atoms with E-state index >= 15 is 0 Å². The van der Waals surface area contributed by atoms with E-state index in [9.17, 15) is 15.0 Å². The number of amides is 1. The maximum Gasteiger partial charge on any atom is 0.220 e. The summed E-state index contributed by atoms with van der Waals surface area (Å²) in [7, 11) is 0. The van der Waals surface area contributed by atoms with Crippen molar-refractivity contribution in [2.24, 2.45) is 0 Å². The van der Waals surface area contributed by atoms with E-state index in [0.29, 0.717) is 12.8 Å². The van der Waals surface area contributed by atoms with Crippen molar-refractivity contribution in [3.05, 3.63) is 97.2 Å². The zero-order valence-electron chi connectivity index (χ0n) is 38.7. The van der Waals surface area contributed by atoms with Crippen LogP contribution in [0.5, 0.6) is 0 Å². The molecule has 0 rings (SSSR count). The quantitative estimate of drug-likeness (QED) is 0.0424. The standard InChI is InChI=1S/C55H95NO3/c1-3-5-7-9-11-13-14-15-16-17-18-19-20-21-22-23-24-25-26-27-28-29-30-31-32-33-34-35-36-37-38-39-40-41-42-43-45-47-49-51-55(59)56-53(52-57)54(58)50-48-46-44-12-10-8-6-4-2/h5,7,11,13,15-16,18-19,21-22,24-25,27-28,30-31,53-54,57-58H,3-4,6,8-10,12,14,17,20,23,26,29,32-52H2,1-2H3,(H,56,59)/b7-5-,13-11-,16-15-,19-18-,22-21-,25-24-,28-27-,31-30-. The Hall–Kier alpha value is -2.69. The van der Waals surface area contributed by atoms with Gasteiger partial charge in [0.1, 0.15) is 0 Å². The van der Waals surface area contributed by atoms with Crippen LogP contribution in [0.3, 0.4) is 0 Å². The van der Waals surface area contributed by atoms with Gasteiger partial charge in [0.2, 0.25) is 5.91 Å². The third-order valence-corrected chi connectivity index (χ3v) is 10.9. The number of unbranched alkanes of at least 4 members (excludes halogenated alkanes) is 21. The van der Waals surface area contributed by atoms with Gasteiger partial charge in [-0.1, -0.05) is 239 Å². The van der Waals surface area contributed by atoms with Crippen LogP contribution in [0, 0.1) is 0 Å². The van der Waals surface area contributed by atoms with Crippen LogP contribution in [-0.4, -0.2) is 34.9 Å². The van der Waals surface area contributed by atoms with Gasteiger partial charge in [-0.2, -0.15) is 0 Å². The topological polar surface area (TPSA) is 69.6 Å². The van der Waals surface area contributed by atoms with E-state index in [1.807, 2.05) is 0 Å². The summed E-state index contributed by atoms with van der Waals surface area (Å²) in [6.45, 7) is 4.20. The van der Waals surface area contributed by atoms with Gasteiger partial charge >= 0.3 is 0 Å². The molecule has 1 amide bonds. The van der Waals surface area contributed by atoms with Crippen molar-refractivity contribution in [3.8, 4) is 0 Å². The van der Waals surface area contributed by atoms with Gasteiger partial charge in [0.15, 0.2) is 0 Å². The molecular formula is C55H95NO3. The van der Waals surface area contributed by atoms with Crippen LogP contribution in [0.1, 0.15) is 226 Å². The number of hydrogen-bond donors (Lipinski definition) is 3. The molecule has 59 heavy (non-hydrogen) atoms. The maximum absolute atomic E-state index is 12.4. The van der Waals surface area contributed by atoms with Gasteiger partial charge in [0.05, 0.1) is 18.8 Å². The summed E-state index contributed by atoms with van der Waals surface area (Å²) in [4.78, 5) is 12.4. The molecule has 0 bridgehead atoms. The van der Waals surface area contributed by atoms with Crippen LogP contribution in [0.2, 0.25) is 0 Å². The Balaban J connectivity index is 3.50. The molecule has 0 aromatic rings. The second-order valence-electron chi connectivity index (χ2n) is 16.5. The summed E-state index contributed by atoms with van der Waals surface area (Å²) < 4.78 is 0. The third kappa shape index (κ3) is 46.2. The molecular weight excluding hydrogens is 723 g/mol. The number of carbonyl (C=O) groups excluding carboxylic acids is 1. The lowest BCUT2D eigenvalue weighted by molar-refractivity contribution is -0.123. The van der Waals surface area contributed by atoms with E-state index in [1.54, 1.807) is 0 Å². The fourth-order valence-corrected chi connectivity index (χ4v) is 7.08. The number of hydrogen-bond acceptors (Lipinski definition) is 3. The highest BCUT2D eigenvalue weighted by Crippen LogP contribution is 2.15. The van der Waals surface area contributed by atoms with Crippen molar-refractivity contribution in [1.29, 1.82) is 0 Å². The predicted octanol–water partition coefficient (Wildman–Crippen LogP) is 16.2. The van der Waals surface area contributed by atoms with Crippen LogP contribution < -0.4 is 5.32 Å². The molecule has 0 heterocycles. The highest BCUT2D eigenvalue weighted by atomic mass is 16.3. The van der Waals surface area contributed by atoms with Crippen molar-refractivity contribution in [2.75, 3.05) is 6.61 Å². The molecule has 0 fully saturated rings. The Morgan fingerprint density at radius 1 is 0.424 bits per heavy atom. The van der Waals surface area contributed by atoms with E-state index in [1.165, 1.54) is 122 Å². The van der Waals surface area contributed by atoms with Gasteiger partial charge in [-0.25, -0.2) is 0 Å². The highest BCUT2D eigenvalue weighted by molar-refractivity contribution is 5.76. The van der Waals surface area contributed by atoms with Gasteiger partial charge in [-0.3, -0.25) is 4.79 Å². The summed E-state index contributed by atoms with van der Waals surface area (Å²) >= 11 is 0. The molecule has 4 nitrogen and oxygen atoms in total. The number of nitrogens with one attached hydrogen (secondary N) is 1. The molecule has 0 saturated carbocycles. The highest BCUT2D eigenvalue weighted by Gasteiger charge is 2.20. The van der Waals surface area contributed by atoms with Crippen LogP contribution in [0.25, 0.3) is 0 Å². The maximum atomic E-state index is 12.4. The average molecular weight is 818 g/mol. The van der Waals surface area contributed by atoms with E-state index in [0.717, 1.165) is 77.0 Å². The molecule has 0 aromatic carbocycles. The minimum absolute atomic E-state index is 0.0387. The molecule has 2 unspecified atom stereocenters. The van der Waals surface area contributed by atoms with Gasteiger partial charge in [0, 0.05) is 6.42 Å². The van der Waals surface area contributed by atoms with Gasteiger partial charge in [-0.05, 0) is 77.0 Å². The summed E-state index contributed by atoms with van der Waals surface area (Å²) in [6.07, 6.45) is 73.8. The Morgan fingerprint density at radius 3 is 1.12 bits per heavy atom. The smallest absolute Gasteiger partial charge is 0.220 e. The fraction of sp³-hybridized carbons (Fsp3) is 0.691. The van der Waals surface area contributed by atoms with Crippen LogP contribution in [-0.2, 0) is 4.79 Å². The molecule has 3 N–H and O–H groups in total. The first kappa shape index (κ1) is 56.3. The molecule has 338 valence electrons. The van der Waals surface area contributed by atoms with Crippen LogP contribution >= 0.6 is 0 Å². The van der Waals surface area contributed by atoms with E-state index < -0.39 is 12.1 Å². The van der Waals surface area contributed by atoms with Gasteiger partial charge in [-0.15, -0.1) is 0 Å².